The van der Waals surface area contributed by atoms with E-state index in [1.54, 1.807) is 10.9 Å². The van der Waals surface area contributed by atoms with Crippen LogP contribution in [0.4, 0.5) is 0 Å². The molecule has 0 aliphatic rings. The number of aromatic nitrogens is 4. The molecular weight excluding hydrogens is 210 g/mol. The summed E-state index contributed by atoms with van der Waals surface area (Å²) in [6.07, 6.45) is 7.40. The fourth-order valence-electron chi connectivity index (χ4n) is 1.41. The van der Waals surface area contributed by atoms with E-state index in [-0.39, 0.29) is 6.04 Å². The van der Waals surface area contributed by atoms with E-state index in [1.807, 2.05) is 19.4 Å². The van der Waals surface area contributed by atoms with Crippen LogP contribution in [0.1, 0.15) is 23.7 Å². The summed E-state index contributed by atoms with van der Waals surface area (Å²) in [5, 5.41) is 4.11. The zero-order valence-corrected chi connectivity index (χ0v) is 9.31. The van der Waals surface area contributed by atoms with Crippen molar-refractivity contribution in [2.45, 2.75) is 18.9 Å². The van der Waals surface area contributed by atoms with Crippen LogP contribution in [-0.2, 0) is 13.5 Å². The van der Waals surface area contributed by atoms with Gasteiger partial charge in [-0.15, -0.1) is 0 Å². The Hall–Kier alpha value is -1.27. The lowest BCUT2D eigenvalue weighted by molar-refractivity contribution is 0.638. The Morgan fingerprint density at radius 1 is 1.53 bits per heavy atom. The van der Waals surface area contributed by atoms with Crippen LogP contribution in [0.2, 0.25) is 0 Å². The molecule has 5 nitrogen and oxygen atoms in total. The van der Waals surface area contributed by atoms with Crippen molar-refractivity contribution in [2.75, 3.05) is 0 Å². The molecule has 0 aliphatic heterocycles. The smallest absolute Gasteiger partial charge is 0.0910 e. The summed E-state index contributed by atoms with van der Waals surface area (Å²) in [6.45, 7) is 0. The van der Waals surface area contributed by atoms with Crippen LogP contribution in [0.15, 0.2) is 18.6 Å². The molecule has 0 radical (unpaired) electrons. The molecule has 2 aromatic rings. The molecule has 0 saturated carbocycles. The van der Waals surface area contributed by atoms with Crippen LogP contribution in [-0.4, -0.2) is 18.5 Å². The average Bonchev–Trinajstić information content (AvgIpc) is 2.84. The fourth-order valence-corrected chi connectivity index (χ4v) is 1.89. The quantitative estimate of drug-likeness (QED) is 0.836. The third-order valence-electron chi connectivity index (χ3n) is 2.26. The van der Waals surface area contributed by atoms with Crippen LogP contribution in [0.5, 0.6) is 0 Å². The van der Waals surface area contributed by atoms with Gasteiger partial charge in [0.15, 0.2) is 0 Å². The van der Waals surface area contributed by atoms with Crippen LogP contribution in [0, 0.1) is 0 Å². The molecule has 2 N–H and O–H groups in total. The van der Waals surface area contributed by atoms with Crippen LogP contribution in [0.3, 0.4) is 0 Å². The molecule has 0 spiro atoms. The molecule has 2 heterocycles. The summed E-state index contributed by atoms with van der Waals surface area (Å²) in [7, 11) is 1.91. The van der Waals surface area contributed by atoms with Crippen LogP contribution in [0.25, 0.3) is 0 Å². The first-order chi connectivity index (χ1) is 7.25. The number of nitrogens with two attached hydrogens (primary N) is 1. The summed E-state index contributed by atoms with van der Waals surface area (Å²) in [5.41, 5.74) is 8.05. The summed E-state index contributed by atoms with van der Waals surface area (Å²) in [4.78, 5) is 0. The van der Waals surface area contributed by atoms with Crippen molar-refractivity contribution in [3.63, 3.8) is 0 Å². The van der Waals surface area contributed by atoms with E-state index in [4.69, 9.17) is 5.73 Å². The van der Waals surface area contributed by atoms with Gasteiger partial charge in [0.05, 0.1) is 35.9 Å². The monoisotopic (exact) mass is 223 g/mol. The first-order valence-corrected chi connectivity index (χ1v) is 5.49. The highest BCUT2D eigenvalue weighted by Crippen LogP contribution is 2.14. The molecule has 1 unspecified atom stereocenters. The highest BCUT2D eigenvalue weighted by atomic mass is 32.1. The Bertz CT molecular complexity index is 408. The molecule has 0 bridgehead atoms. The van der Waals surface area contributed by atoms with Gasteiger partial charge in [-0.3, -0.25) is 4.68 Å². The Morgan fingerprint density at radius 2 is 2.40 bits per heavy atom. The first kappa shape index (κ1) is 10.3. The van der Waals surface area contributed by atoms with Crippen molar-refractivity contribution >= 4 is 11.7 Å². The van der Waals surface area contributed by atoms with E-state index in [1.165, 1.54) is 17.3 Å². The molecule has 0 fully saturated rings. The van der Waals surface area contributed by atoms with Crippen LogP contribution < -0.4 is 5.73 Å². The second-order valence-electron chi connectivity index (χ2n) is 3.50. The number of hydrogen-bond acceptors (Lipinski definition) is 5. The predicted molar refractivity (Wildman–Crippen MR) is 58.4 cm³/mol. The maximum absolute atomic E-state index is 5.97. The lowest BCUT2D eigenvalue weighted by atomic mass is 10.1. The van der Waals surface area contributed by atoms with Crippen LogP contribution >= 0.6 is 11.7 Å². The Kier molecular flexibility index (Phi) is 3.08. The van der Waals surface area contributed by atoms with Gasteiger partial charge >= 0.3 is 0 Å². The molecule has 1 atom stereocenters. The van der Waals surface area contributed by atoms with Crippen molar-refractivity contribution in [3.05, 3.63) is 29.8 Å². The number of hydrogen-bond donors (Lipinski definition) is 1. The molecule has 0 amide bonds. The lowest BCUT2D eigenvalue weighted by Gasteiger charge is -2.05. The Morgan fingerprint density at radius 3 is 3.00 bits per heavy atom. The molecule has 6 heteroatoms. The van der Waals surface area contributed by atoms with Gasteiger partial charge in [0.1, 0.15) is 0 Å². The molecule has 80 valence electrons. The second-order valence-corrected chi connectivity index (χ2v) is 4.06. The molecule has 15 heavy (non-hydrogen) atoms. The SMILES string of the molecule is Cn1cc(CCC(N)c2cnsn2)cn1. The molecule has 0 aliphatic carbocycles. The van der Waals surface area contributed by atoms with Gasteiger partial charge in [-0.1, -0.05) is 0 Å². The molecule has 2 aromatic heterocycles. The standard InChI is InChI=1S/C9H13N5S/c1-14-6-7(4-11-14)2-3-8(10)9-5-12-15-13-9/h4-6,8H,2-3,10H2,1H3. The van der Waals surface area contributed by atoms with Gasteiger partial charge in [0.25, 0.3) is 0 Å². The van der Waals surface area contributed by atoms with Crippen molar-refractivity contribution in [3.8, 4) is 0 Å². The Labute approximate surface area is 92.3 Å². The summed E-state index contributed by atoms with van der Waals surface area (Å²) >= 11 is 1.20. The van der Waals surface area contributed by atoms with Crippen molar-refractivity contribution < 1.29 is 0 Å². The average molecular weight is 223 g/mol. The maximum atomic E-state index is 5.97. The van der Waals surface area contributed by atoms with Crippen molar-refractivity contribution in [2.24, 2.45) is 12.8 Å². The third-order valence-corrected chi connectivity index (χ3v) is 2.75. The minimum atomic E-state index is -0.0241. The van der Waals surface area contributed by atoms with E-state index >= 15 is 0 Å². The lowest BCUT2D eigenvalue weighted by Crippen LogP contribution is -2.11. The molecule has 2 rings (SSSR count). The zero-order chi connectivity index (χ0) is 10.7. The van der Waals surface area contributed by atoms with Gasteiger partial charge in [-0.25, -0.2) is 0 Å². The first-order valence-electron chi connectivity index (χ1n) is 4.76. The predicted octanol–water partition coefficient (Wildman–Crippen LogP) is 0.904. The summed E-state index contributed by atoms with van der Waals surface area (Å²) < 4.78 is 9.85. The van der Waals surface area contributed by atoms with Gasteiger partial charge in [-0.05, 0) is 18.4 Å². The zero-order valence-electron chi connectivity index (χ0n) is 8.50. The largest absolute Gasteiger partial charge is 0.323 e. The van der Waals surface area contributed by atoms with Gasteiger partial charge in [-0.2, -0.15) is 13.8 Å². The van der Waals surface area contributed by atoms with E-state index in [2.05, 4.69) is 13.8 Å². The van der Waals surface area contributed by atoms with E-state index < -0.39 is 0 Å². The second kappa shape index (κ2) is 4.50. The highest BCUT2D eigenvalue weighted by Gasteiger charge is 2.09. The third kappa shape index (κ3) is 2.60. The number of rotatable bonds is 4. The van der Waals surface area contributed by atoms with Gasteiger partial charge < -0.3 is 5.73 Å². The molecular formula is C9H13N5S. The van der Waals surface area contributed by atoms with E-state index in [9.17, 15) is 0 Å². The minimum Gasteiger partial charge on any atom is -0.323 e. The Balaban J connectivity index is 1.88. The minimum absolute atomic E-state index is 0.0241. The fraction of sp³-hybridized carbons (Fsp3) is 0.444. The number of aryl methyl sites for hydroxylation is 2. The van der Waals surface area contributed by atoms with Gasteiger partial charge in [0, 0.05) is 13.2 Å². The highest BCUT2D eigenvalue weighted by molar-refractivity contribution is 6.99. The number of nitrogens with zero attached hydrogens (tertiary/aromatic N) is 4. The molecule has 0 saturated heterocycles. The normalized spacial score (nSPS) is 12.9. The summed E-state index contributed by atoms with van der Waals surface area (Å²) in [6, 6.07) is -0.0241. The summed E-state index contributed by atoms with van der Waals surface area (Å²) in [5.74, 6) is 0. The van der Waals surface area contributed by atoms with E-state index in [0.29, 0.717) is 0 Å². The van der Waals surface area contributed by atoms with Gasteiger partial charge in [0.2, 0.25) is 0 Å². The topological polar surface area (TPSA) is 69.6 Å². The van der Waals surface area contributed by atoms with Crippen molar-refractivity contribution in [1.82, 2.24) is 18.5 Å². The maximum Gasteiger partial charge on any atom is 0.0910 e. The van der Waals surface area contributed by atoms with Crippen molar-refractivity contribution in [1.29, 1.82) is 0 Å². The van der Waals surface area contributed by atoms with E-state index in [0.717, 1.165) is 18.5 Å². The molecule has 0 aromatic carbocycles.